The molecule has 0 N–H and O–H groups in total. The number of anilines is 1. The molecule has 6 heteroatoms. The molecule has 0 aromatic heterocycles. The van der Waals surface area contributed by atoms with Gasteiger partial charge >= 0.3 is 0 Å². The summed E-state index contributed by atoms with van der Waals surface area (Å²) in [5.74, 6) is 2.05. The maximum absolute atomic E-state index is 13.0. The second-order valence-electron chi connectivity index (χ2n) is 7.63. The van der Waals surface area contributed by atoms with Crippen molar-refractivity contribution in [3.63, 3.8) is 0 Å². The molecule has 1 aromatic rings. The summed E-state index contributed by atoms with van der Waals surface area (Å²) < 4.78 is 10.6. The van der Waals surface area contributed by atoms with Gasteiger partial charge in [0.1, 0.15) is 11.5 Å². The minimum Gasteiger partial charge on any atom is -0.497 e. The molecule has 26 heavy (non-hydrogen) atoms. The highest BCUT2D eigenvalue weighted by Gasteiger charge is 2.39. The van der Waals surface area contributed by atoms with Crippen molar-refractivity contribution in [1.82, 2.24) is 4.90 Å². The van der Waals surface area contributed by atoms with Crippen molar-refractivity contribution < 1.29 is 19.1 Å². The molecule has 2 heterocycles. The van der Waals surface area contributed by atoms with Gasteiger partial charge in [-0.1, -0.05) is 13.8 Å². The summed E-state index contributed by atoms with van der Waals surface area (Å²) in [7, 11) is 3.16. The van der Waals surface area contributed by atoms with E-state index in [1.807, 2.05) is 11.0 Å². The molecule has 142 valence electrons. The Morgan fingerprint density at radius 2 is 1.77 bits per heavy atom. The standard InChI is InChI=1S/C20H28N2O4/c1-13-7-14(2)11-21(10-13)20(24)15-8-19(23)22(12-15)17-6-5-16(25-3)9-18(17)26-4/h5-6,9,13-15H,7-8,10-12H2,1-4H3. The Labute approximate surface area is 155 Å². The van der Waals surface area contributed by atoms with Gasteiger partial charge in [-0.25, -0.2) is 0 Å². The smallest absolute Gasteiger partial charge is 0.228 e. The number of carbonyl (C=O) groups excluding carboxylic acids is 2. The number of benzene rings is 1. The zero-order valence-corrected chi connectivity index (χ0v) is 16.0. The number of methoxy groups -OCH3 is 2. The third-order valence-corrected chi connectivity index (χ3v) is 5.33. The van der Waals surface area contributed by atoms with Crippen molar-refractivity contribution in [1.29, 1.82) is 0 Å². The lowest BCUT2D eigenvalue weighted by Crippen LogP contribution is -2.45. The Hall–Kier alpha value is -2.24. The zero-order valence-electron chi connectivity index (χ0n) is 16.0. The first-order valence-corrected chi connectivity index (χ1v) is 9.24. The topological polar surface area (TPSA) is 59.1 Å². The van der Waals surface area contributed by atoms with Gasteiger partial charge in [-0.15, -0.1) is 0 Å². The summed E-state index contributed by atoms with van der Waals surface area (Å²) in [6, 6.07) is 5.37. The number of rotatable bonds is 4. The molecule has 0 aliphatic carbocycles. The molecular weight excluding hydrogens is 332 g/mol. The summed E-state index contributed by atoms with van der Waals surface area (Å²) in [4.78, 5) is 29.2. The average Bonchev–Trinajstić information content (AvgIpc) is 3.01. The van der Waals surface area contributed by atoms with Gasteiger partial charge in [0.2, 0.25) is 11.8 Å². The fourth-order valence-electron chi connectivity index (χ4n) is 4.21. The Bertz CT molecular complexity index is 680. The molecule has 1 aromatic carbocycles. The number of piperidine rings is 1. The van der Waals surface area contributed by atoms with E-state index >= 15 is 0 Å². The van der Waals surface area contributed by atoms with Crippen LogP contribution >= 0.6 is 0 Å². The molecule has 3 rings (SSSR count). The number of carbonyl (C=O) groups is 2. The van der Waals surface area contributed by atoms with Crippen LogP contribution in [0.1, 0.15) is 26.7 Å². The Morgan fingerprint density at radius 1 is 1.08 bits per heavy atom. The summed E-state index contributed by atoms with van der Waals surface area (Å²) in [6.45, 7) is 6.35. The van der Waals surface area contributed by atoms with Crippen LogP contribution in [0.5, 0.6) is 11.5 Å². The van der Waals surface area contributed by atoms with Gasteiger partial charge < -0.3 is 19.3 Å². The van der Waals surface area contributed by atoms with Gasteiger partial charge in [0.25, 0.3) is 0 Å². The summed E-state index contributed by atoms with van der Waals surface area (Å²) in [5.41, 5.74) is 0.689. The van der Waals surface area contributed by atoms with E-state index < -0.39 is 0 Å². The normalized spacial score (nSPS) is 26.2. The van der Waals surface area contributed by atoms with E-state index in [0.717, 1.165) is 19.5 Å². The van der Waals surface area contributed by atoms with Crippen molar-refractivity contribution in [2.45, 2.75) is 26.7 Å². The summed E-state index contributed by atoms with van der Waals surface area (Å²) >= 11 is 0. The van der Waals surface area contributed by atoms with Crippen molar-refractivity contribution in [2.75, 3.05) is 38.8 Å². The molecule has 3 unspecified atom stereocenters. The molecule has 2 aliphatic heterocycles. The second kappa shape index (κ2) is 7.56. The molecule has 0 bridgehead atoms. The zero-order chi connectivity index (χ0) is 18.8. The van der Waals surface area contributed by atoms with Gasteiger partial charge in [-0.05, 0) is 30.4 Å². The van der Waals surface area contributed by atoms with Crippen molar-refractivity contribution in [3.05, 3.63) is 18.2 Å². The van der Waals surface area contributed by atoms with Crippen LogP contribution in [0.15, 0.2) is 18.2 Å². The molecule has 3 atom stereocenters. The van der Waals surface area contributed by atoms with Crippen LogP contribution in [-0.4, -0.2) is 50.6 Å². The third kappa shape index (κ3) is 3.64. The fraction of sp³-hybridized carbons (Fsp3) is 0.600. The number of likely N-dealkylation sites (tertiary alicyclic amines) is 1. The van der Waals surface area contributed by atoms with Gasteiger partial charge in [-0.3, -0.25) is 9.59 Å². The molecule has 0 spiro atoms. The van der Waals surface area contributed by atoms with Crippen LogP contribution in [-0.2, 0) is 9.59 Å². The molecular formula is C20H28N2O4. The predicted octanol–water partition coefficient (Wildman–Crippen LogP) is 2.56. The van der Waals surface area contributed by atoms with Crippen LogP contribution in [0.4, 0.5) is 5.69 Å². The maximum Gasteiger partial charge on any atom is 0.228 e. The molecule has 2 amide bonds. The molecule has 2 saturated heterocycles. The molecule has 6 nitrogen and oxygen atoms in total. The first kappa shape index (κ1) is 18.5. The van der Waals surface area contributed by atoms with Gasteiger partial charge in [0, 0.05) is 32.1 Å². The lowest BCUT2D eigenvalue weighted by molar-refractivity contribution is -0.138. The van der Waals surface area contributed by atoms with Gasteiger partial charge in [0.15, 0.2) is 0 Å². The highest BCUT2D eigenvalue weighted by molar-refractivity contribution is 6.01. The van der Waals surface area contributed by atoms with Crippen molar-refractivity contribution >= 4 is 17.5 Å². The lowest BCUT2D eigenvalue weighted by atomic mass is 9.91. The van der Waals surface area contributed by atoms with E-state index in [4.69, 9.17) is 9.47 Å². The minimum atomic E-state index is -0.285. The molecule has 2 fully saturated rings. The Kier molecular flexibility index (Phi) is 5.39. The molecule has 0 radical (unpaired) electrons. The van der Waals surface area contributed by atoms with Crippen LogP contribution in [0.3, 0.4) is 0 Å². The van der Waals surface area contributed by atoms with E-state index in [1.54, 1.807) is 31.3 Å². The van der Waals surface area contributed by atoms with E-state index in [2.05, 4.69) is 13.8 Å². The first-order valence-electron chi connectivity index (χ1n) is 9.24. The second-order valence-corrected chi connectivity index (χ2v) is 7.63. The lowest BCUT2D eigenvalue weighted by Gasteiger charge is -2.36. The monoisotopic (exact) mass is 360 g/mol. The van der Waals surface area contributed by atoms with Crippen LogP contribution in [0.2, 0.25) is 0 Å². The van der Waals surface area contributed by atoms with Gasteiger partial charge in [-0.2, -0.15) is 0 Å². The summed E-state index contributed by atoms with van der Waals surface area (Å²) in [5, 5.41) is 0. The number of amides is 2. The van der Waals surface area contributed by atoms with E-state index in [1.165, 1.54) is 0 Å². The highest BCUT2D eigenvalue weighted by Crippen LogP contribution is 2.36. The molecule has 2 aliphatic rings. The van der Waals surface area contributed by atoms with Crippen LogP contribution in [0, 0.1) is 17.8 Å². The van der Waals surface area contributed by atoms with Gasteiger partial charge in [0.05, 0.1) is 25.8 Å². The van der Waals surface area contributed by atoms with E-state index in [-0.39, 0.29) is 24.2 Å². The maximum atomic E-state index is 13.0. The van der Waals surface area contributed by atoms with Crippen LogP contribution in [0.25, 0.3) is 0 Å². The minimum absolute atomic E-state index is 0.0371. The SMILES string of the molecule is COc1ccc(N2CC(C(=O)N3CC(C)CC(C)C3)CC2=O)c(OC)c1. The highest BCUT2D eigenvalue weighted by atomic mass is 16.5. The van der Waals surface area contributed by atoms with E-state index in [0.29, 0.717) is 35.6 Å². The van der Waals surface area contributed by atoms with Crippen molar-refractivity contribution in [3.8, 4) is 11.5 Å². The average molecular weight is 360 g/mol. The fourth-order valence-corrected chi connectivity index (χ4v) is 4.21. The largest absolute Gasteiger partial charge is 0.497 e. The molecule has 0 saturated carbocycles. The number of ether oxygens (including phenoxy) is 2. The summed E-state index contributed by atoms with van der Waals surface area (Å²) in [6.07, 6.45) is 1.41. The van der Waals surface area contributed by atoms with E-state index in [9.17, 15) is 9.59 Å². The predicted molar refractivity (Wildman–Crippen MR) is 99.5 cm³/mol. The van der Waals surface area contributed by atoms with Crippen molar-refractivity contribution in [2.24, 2.45) is 17.8 Å². The first-order chi connectivity index (χ1) is 12.4. The number of nitrogens with zero attached hydrogens (tertiary/aromatic N) is 2. The number of hydrogen-bond acceptors (Lipinski definition) is 4. The quantitative estimate of drug-likeness (QED) is 0.828. The van der Waals surface area contributed by atoms with Crippen LogP contribution < -0.4 is 14.4 Å². The third-order valence-electron chi connectivity index (χ3n) is 5.33. The number of hydrogen-bond donors (Lipinski definition) is 0. The Morgan fingerprint density at radius 3 is 2.38 bits per heavy atom. The Balaban J connectivity index is 1.75.